The van der Waals surface area contributed by atoms with Gasteiger partial charge in [0.25, 0.3) is 11.4 Å². The first-order valence-corrected chi connectivity index (χ1v) is 12.2. The van der Waals surface area contributed by atoms with E-state index in [2.05, 4.69) is 32.2 Å². The minimum atomic E-state index is -0.0369. The van der Waals surface area contributed by atoms with Crippen molar-refractivity contribution in [3.05, 3.63) is 99.6 Å². The summed E-state index contributed by atoms with van der Waals surface area (Å²) in [4.78, 5) is 11.4. The largest absolute Gasteiger partial charge is 0.456 e. The molecule has 0 radical (unpaired) electrons. The van der Waals surface area contributed by atoms with Crippen LogP contribution in [0.2, 0.25) is 0 Å². The van der Waals surface area contributed by atoms with Gasteiger partial charge in [0, 0.05) is 34.1 Å². The van der Waals surface area contributed by atoms with E-state index in [0.717, 1.165) is 22.2 Å². The minimum Gasteiger partial charge on any atom is -0.456 e. The number of fused-ring (bicyclic) bond motifs is 1. The minimum absolute atomic E-state index is 0.00413. The van der Waals surface area contributed by atoms with Crippen molar-refractivity contribution >= 4 is 34.4 Å². The molecule has 1 aromatic carbocycles. The van der Waals surface area contributed by atoms with Crippen molar-refractivity contribution in [3.8, 4) is 45.7 Å². The Morgan fingerprint density at radius 2 is 1.71 bits per heavy atom. The smallest absolute Gasteiger partial charge is 0.265 e. The molecular weight excluding hydrogens is 496 g/mol. The fraction of sp³-hybridized carbons (Fsp3) is 0.0690. The highest BCUT2D eigenvalue weighted by Gasteiger charge is 2.16. The van der Waals surface area contributed by atoms with Gasteiger partial charge in [0.05, 0.1) is 31.0 Å². The lowest BCUT2D eigenvalue weighted by atomic mass is 10.1. The van der Waals surface area contributed by atoms with Gasteiger partial charge in [-0.05, 0) is 55.5 Å². The van der Waals surface area contributed by atoms with Crippen LogP contribution in [0.25, 0.3) is 66.3 Å². The Hall–Kier alpha value is -5.61. The molecule has 5 rings (SSSR count). The molecule has 4 aromatic heterocycles. The second-order valence-electron chi connectivity index (χ2n) is 7.99. The maximum Gasteiger partial charge on any atom is 0.265 e. The third kappa shape index (κ3) is 4.50. The van der Waals surface area contributed by atoms with Gasteiger partial charge in [-0.25, -0.2) is 25.2 Å². The van der Waals surface area contributed by atoms with Crippen LogP contribution in [-0.2, 0) is 6.54 Å². The molecule has 0 bridgehead atoms. The molecule has 0 spiro atoms. The third-order valence-electron chi connectivity index (χ3n) is 5.75. The van der Waals surface area contributed by atoms with Crippen LogP contribution in [0.4, 0.5) is 0 Å². The van der Waals surface area contributed by atoms with Gasteiger partial charge in [-0.2, -0.15) is 0 Å². The molecule has 8 nitrogen and oxygen atoms in total. The SMILES string of the molecule is [C-]#[N+]/C(C#N)=C\c1cnc(-c2ccc(-c3ccc4cc(-c5ccc(/C=C(\C#N)[N+]#[C-])o5)n(CC)c4c3)o2)s1. The van der Waals surface area contributed by atoms with Crippen LogP contribution in [0.15, 0.2) is 75.0 Å². The second-order valence-corrected chi connectivity index (χ2v) is 9.05. The van der Waals surface area contributed by atoms with Crippen LogP contribution in [0, 0.1) is 35.8 Å². The number of thiazole rings is 1. The zero-order chi connectivity index (χ0) is 26.6. The Kier molecular flexibility index (Phi) is 6.45. The maximum atomic E-state index is 9.02. The molecule has 0 aliphatic rings. The van der Waals surface area contributed by atoms with Crippen molar-refractivity contribution in [3.63, 3.8) is 0 Å². The fourth-order valence-electron chi connectivity index (χ4n) is 4.04. The summed E-state index contributed by atoms with van der Waals surface area (Å²) in [5, 5.41) is 19.7. The van der Waals surface area contributed by atoms with E-state index < -0.39 is 0 Å². The molecule has 0 amide bonds. The number of rotatable bonds is 6. The number of nitriles is 2. The Bertz CT molecular complexity index is 1890. The van der Waals surface area contributed by atoms with E-state index in [4.69, 9.17) is 32.5 Å². The highest BCUT2D eigenvalue weighted by atomic mass is 32.1. The third-order valence-corrected chi connectivity index (χ3v) is 6.71. The van der Waals surface area contributed by atoms with Crippen LogP contribution < -0.4 is 0 Å². The molecule has 0 aliphatic heterocycles. The Morgan fingerprint density at radius 3 is 2.45 bits per heavy atom. The van der Waals surface area contributed by atoms with Crippen LogP contribution in [0.5, 0.6) is 0 Å². The molecule has 4 heterocycles. The van der Waals surface area contributed by atoms with Crippen LogP contribution in [-0.4, -0.2) is 9.55 Å². The van der Waals surface area contributed by atoms with Crippen molar-refractivity contribution in [2.24, 2.45) is 0 Å². The average Bonchev–Trinajstić information content (AvgIpc) is 3.75. The molecule has 0 N–H and O–H groups in total. The van der Waals surface area contributed by atoms with E-state index in [1.165, 1.54) is 23.5 Å². The summed E-state index contributed by atoms with van der Waals surface area (Å²) in [6, 6.07) is 19.1. The van der Waals surface area contributed by atoms with E-state index in [1.807, 2.05) is 48.5 Å². The van der Waals surface area contributed by atoms with Gasteiger partial charge < -0.3 is 13.4 Å². The maximum absolute atomic E-state index is 9.02. The van der Waals surface area contributed by atoms with Gasteiger partial charge in [-0.1, -0.05) is 12.1 Å². The lowest BCUT2D eigenvalue weighted by Gasteiger charge is -2.06. The molecule has 5 aromatic rings. The molecule has 0 unspecified atom stereocenters. The van der Waals surface area contributed by atoms with Crippen molar-refractivity contribution in [1.82, 2.24) is 9.55 Å². The number of allylic oxidation sites excluding steroid dienone is 2. The molecule has 0 fully saturated rings. The number of hydrogen-bond donors (Lipinski definition) is 0. The number of aromatic nitrogens is 2. The highest BCUT2D eigenvalue weighted by Crippen LogP contribution is 2.35. The van der Waals surface area contributed by atoms with E-state index in [1.54, 1.807) is 12.3 Å². The predicted octanol–water partition coefficient (Wildman–Crippen LogP) is 7.87. The molecular formula is C29H16N6O2S. The summed E-state index contributed by atoms with van der Waals surface area (Å²) in [5.41, 5.74) is 2.77. The number of benzene rings is 1. The van der Waals surface area contributed by atoms with E-state index in [9.17, 15) is 0 Å². The molecule has 0 saturated heterocycles. The number of furan rings is 2. The summed E-state index contributed by atoms with van der Waals surface area (Å²) in [6.45, 7) is 16.8. The molecule has 9 heteroatoms. The summed E-state index contributed by atoms with van der Waals surface area (Å²) in [5.74, 6) is 2.38. The summed E-state index contributed by atoms with van der Waals surface area (Å²) in [6.07, 6.45) is 4.55. The first-order valence-electron chi connectivity index (χ1n) is 11.3. The first-order chi connectivity index (χ1) is 18.6. The number of aryl methyl sites for hydroxylation is 1. The average molecular weight is 513 g/mol. The zero-order valence-corrected chi connectivity index (χ0v) is 20.8. The van der Waals surface area contributed by atoms with Crippen LogP contribution >= 0.6 is 11.3 Å². The molecule has 180 valence electrons. The molecule has 0 aliphatic carbocycles. The Morgan fingerprint density at radius 1 is 0.974 bits per heavy atom. The standard InChI is InChI=1S/C29H16N6O2S/c1-4-35-24-12-19(26-9-10-28(37-26)29-34-17-23(38-29)14-21(16-31)33-3)6-5-18(24)11-25(35)27-8-7-22(36-27)13-20(15-30)32-2/h5-14,17H,4H2,1H3/b20-13+,21-14-. The van der Waals surface area contributed by atoms with Crippen LogP contribution in [0.1, 0.15) is 17.6 Å². The number of nitrogens with zero attached hydrogens (tertiary/aromatic N) is 6. The summed E-state index contributed by atoms with van der Waals surface area (Å²) < 4.78 is 14.2. The van der Waals surface area contributed by atoms with Gasteiger partial charge in [-0.3, -0.25) is 0 Å². The van der Waals surface area contributed by atoms with Crippen molar-refractivity contribution in [1.29, 1.82) is 10.5 Å². The van der Waals surface area contributed by atoms with Gasteiger partial charge in [0.15, 0.2) is 16.5 Å². The van der Waals surface area contributed by atoms with Gasteiger partial charge in [0.1, 0.15) is 11.5 Å². The number of hydrogen-bond acceptors (Lipinski definition) is 6. The van der Waals surface area contributed by atoms with Crippen LogP contribution in [0.3, 0.4) is 0 Å². The Labute approximate surface area is 221 Å². The molecule has 0 saturated carbocycles. The van der Waals surface area contributed by atoms with Gasteiger partial charge in [0.2, 0.25) is 0 Å². The topological polar surface area (TPSA) is 100 Å². The van der Waals surface area contributed by atoms with Crippen molar-refractivity contribution in [2.75, 3.05) is 0 Å². The molecule has 38 heavy (non-hydrogen) atoms. The second kappa shape index (κ2) is 10.2. The Balaban J connectivity index is 1.48. The lowest BCUT2D eigenvalue weighted by molar-refractivity contribution is 0.564. The van der Waals surface area contributed by atoms with Crippen molar-refractivity contribution in [2.45, 2.75) is 13.5 Å². The molecule has 0 atom stereocenters. The first kappa shape index (κ1) is 24.1. The van der Waals surface area contributed by atoms with Crippen molar-refractivity contribution < 1.29 is 8.83 Å². The highest BCUT2D eigenvalue weighted by molar-refractivity contribution is 7.15. The normalized spacial score (nSPS) is 11.6. The lowest BCUT2D eigenvalue weighted by Crippen LogP contribution is -1.95. The van der Waals surface area contributed by atoms with E-state index in [-0.39, 0.29) is 11.4 Å². The zero-order valence-electron chi connectivity index (χ0n) is 20.0. The summed E-state index contributed by atoms with van der Waals surface area (Å²) in [7, 11) is 0. The monoisotopic (exact) mass is 512 g/mol. The van der Waals surface area contributed by atoms with E-state index in [0.29, 0.717) is 39.5 Å². The quantitative estimate of drug-likeness (QED) is 0.170. The summed E-state index contributed by atoms with van der Waals surface area (Å²) >= 11 is 1.34. The fourth-order valence-corrected chi connectivity index (χ4v) is 4.86. The predicted molar refractivity (Wildman–Crippen MR) is 145 cm³/mol. The van der Waals surface area contributed by atoms with Gasteiger partial charge in [-0.15, -0.1) is 11.3 Å². The van der Waals surface area contributed by atoms with Gasteiger partial charge >= 0.3 is 0 Å². The van der Waals surface area contributed by atoms with E-state index >= 15 is 0 Å².